The fourth-order valence-electron chi connectivity index (χ4n) is 1.25. The molecule has 0 aliphatic heterocycles. The molecular formula is C12H19N3O3. The van der Waals surface area contributed by atoms with Gasteiger partial charge in [-0.1, -0.05) is 13.8 Å². The lowest BCUT2D eigenvalue weighted by molar-refractivity contribution is -0.141. The Hall–Kier alpha value is -1.85. The Morgan fingerprint density at radius 2 is 2.33 bits per heavy atom. The third kappa shape index (κ3) is 4.99. The van der Waals surface area contributed by atoms with E-state index >= 15 is 0 Å². The van der Waals surface area contributed by atoms with Gasteiger partial charge in [0.15, 0.2) is 0 Å². The van der Waals surface area contributed by atoms with E-state index in [0.29, 0.717) is 31.3 Å². The Labute approximate surface area is 106 Å². The van der Waals surface area contributed by atoms with Crippen LogP contribution in [0.3, 0.4) is 0 Å². The summed E-state index contributed by atoms with van der Waals surface area (Å²) >= 11 is 0. The van der Waals surface area contributed by atoms with Crippen LogP contribution in [0.5, 0.6) is 5.88 Å². The number of carboxylic acid groups (broad SMARTS) is 1. The van der Waals surface area contributed by atoms with Crippen molar-refractivity contribution >= 4 is 11.8 Å². The molecule has 0 spiro atoms. The fraction of sp³-hybridized carbons (Fsp3) is 0.583. The van der Waals surface area contributed by atoms with Crippen LogP contribution in [0.15, 0.2) is 12.4 Å². The molecule has 1 aromatic rings. The van der Waals surface area contributed by atoms with E-state index in [1.165, 1.54) is 0 Å². The van der Waals surface area contributed by atoms with Gasteiger partial charge in [-0.2, -0.15) is 4.98 Å². The number of carbonyl (C=O) groups is 1. The maximum atomic E-state index is 10.6. The predicted octanol–water partition coefficient (Wildman–Crippen LogP) is 1.79. The maximum absolute atomic E-state index is 10.6. The van der Waals surface area contributed by atoms with Crippen molar-refractivity contribution in [3.63, 3.8) is 0 Å². The van der Waals surface area contributed by atoms with E-state index in [4.69, 9.17) is 9.84 Å². The second kappa shape index (κ2) is 7.47. The zero-order chi connectivity index (χ0) is 13.4. The molecule has 100 valence electrons. The molecule has 18 heavy (non-hydrogen) atoms. The second-order valence-electron chi connectivity index (χ2n) is 4.05. The van der Waals surface area contributed by atoms with E-state index in [1.807, 2.05) is 6.92 Å². The molecule has 0 bridgehead atoms. The fourth-order valence-corrected chi connectivity index (χ4v) is 1.25. The van der Waals surface area contributed by atoms with Crippen LogP contribution in [0, 0.1) is 5.92 Å². The highest BCUT2D eigenvalue weighted by Gasteiger charge is 2.09. The van der Waals surface area contributed by atoms with Crippen LogP contribution in [-0.2, 0) is 4.79 Å². The van der Waals surface area contributed by atoms with Crippen LogP contribution in [0.4, 0.5) is 5.82 Å². The molecular weight excluding hydrogens is 234 g/mol. The number of carboxylic acids is 1. The van der Waals surface area contributed by atoms with Gasteiger partial charge < -0.3 is 15.2 Å². The van der Waals surface area contributed by atoms with E-state index in [1.54, 1.807) is 19.3 Å². The number of rotatable bonds is 8. The van der Waals surface area contributed by atoms with Crippen LogP contribution < -0.4 is 10.1 Å². The summed E-state index contributed by atoms with van der Waals surface area (Å²) in [7, 11) is 0. The van der Waals surface area contributed by atoms with Crippen LogP contribution in [-0.4, -0.2) is 34.2 Å². The molecule has 0 aromatic carbocycles. The minimum absolute atomic E-state index is 0.370. The maximum Gasteiger partial charge on any atom is 0.306 e. The number of ether oxygens (including phenoxy) is 1. The first kappa shape index (κ1) is 14.2. The molecule has 0 amide bonds. The van der Waals surface area contributed by atoms with Crippen molar-refractivity contribution in [1.29, 1.82) is 0 Å². The molecule has 0 radical (unpaired) electrons. The van der Waals surface area contributed by atoms with Crippen LogP contribution in [0.2, 0.25) is 0 Å². The van der Waals surface area contributed by atoms with Gasteiger partial charge in [-0.3, -0.25) is 9.78 Å². The number of aromatic nitrogens is 2. The van der Waals surface area contributed by atoms with Crippen molar-refractivity contribution in [3.05, 3.63) is 12.4 Å². The van der Waals surface area contributed by atoms with Gasteiger partial charge in [0, 0.05) is 6.54 Å². The molecule has 6 nitrogen and oxygen atoms in total. The van der Waals surface area contributed by atoms with E-state index < -0.39 is 5.97 Å². The summed E-state index contributed by atoms with van der Waals surface area (Å²) in [6, 6.07) is 0. The van der Waals surface area contributed by atoms with Crippen LogP contribution in [0.25, 0.3) is 0 Å². The largest absolute Gasteiger partial charge is 0.481 e. The van der Waals surface area contributed by atoms with Crippen molar-refractivity contribution in [1.82, 2.24) is 9.97 Å². The lowest BCUT2D eigenvalue weighted by Crippen LogP contribution is -2.15. The van der Waals surface area contributed by atoms with Crippen molar-refractivity contribution in [2.24, 2.45) is 5.92 Å². The molecule has 1 atom stereocenters. The molecule has 1 unspecified atom stereocenters. The summed E-state index contributed by atoms with van der Waals surface area (Å²) in [5, 5.41) is 11.8. The van der Waals surface area contributed by atoms with Crippen molar-refractivity contribution in [2.45, 2.75) is 26.7 Å². The molecule has 1 rings (SSSR count). The molecule has 0 aliphatic carbocycles. The van der Waals surface area contributed by atoms with Crippen LogP contribution >= 0.6 is 0 Å². The Bertz CT molecular complexity index is 385. The summed E-state index contributed by atoms with van der Waals surface area (Å²) < 4.78 is 5.35. The summed E-state index contributed by atoms with van der Waals surface area (Å²) in [5.41, 5.74) is 0. The Kier molecular flexibility index (Phi) is 5.90. The van der Waals surface area contributed by atoms with E-state index in [0.717, 1.165) is 6.42 Å². The highest BCUT2D eigenvalue weighted by molar-refractivity contribution is 5.69. The molecule has 1 heterocycles. The predicted molar refractivity (Wildman–Crippen MR) is 67.7 cm³/mol. The molecule has 1 aromatic heterocycles. The molecule has 6 heteroatoms. The summed E-state index contributed by atoms with van der Waals surface area (Å²) in [4.78, 5) is 18.9. The number of nitrogens with zero attached hydrogens (tertiary/aromatic N) is 2. The van der Waals surface area contributed by atoms with Crippen molar-refractivity contribution in [2.75, 3.05) is 18.5 Å². The molecule has 0 saturated heterocycles. The molecule has 0 aliphatic rings. The average molecular weight is 253 g/mol. The van der Waals surface area contributed by atoms with Gasteiger partial charge >= 0.3 is 5.97 Å². The van der Waals surface area contributed by atoms with E-state index in [9.17, 15) is 4.79 Å². The number of anilines is 1. The number of aliphatic carboxylic acids is 1. The molecule has 0 saturated carbocycles. The standard InChI is InChI=1S/C12H19N3O3/c1-3-6-18-11-8-13-7-10(15-11)14-5-4-9(2)12(16)17/h7-9H,3-6H2,1-2H3,(H,14,15)(H,16,17). The zero-order valence-corrected chi connectivity index (χ0v) is 10.7. The number of hydrogen-bond acceptors (Lipinski definition) is 5. The van der Waals surface area contributed by atoms with Gasteiger partial charge in [0.2, 0.25) is 5.88 Å². The first-order valence-electron chi connectivity index (χ1n) is 6.05. The summed E-state index contributed by atoms with van der Waals surface area (Å²) in [6.07, 6.45) is 4.59. The Morgan fingerprint density at radius 1 is 1.56 bits per heavy atom. The third-order valence-corrected chi connectivity index (χ3v) is 2.37. The van der Waals surface area contributed by atoms with Gasteiger partial charge in [-0.15, -0.1) is 0 Å². The number of nitrogens with one attached hydrogen (secondary N) is 1. The second-order valence-corrected chi connectivity index (χ2v) is 4.05. The number of hydrogen-bond donors (Lipinski definition) is 2. The Balaban J connectivity index is 2.40. The third-order valence-electron chi connectivity index (χ3n) is 2.37. The van der Waals surface area contributed by atoms with Crippen molar-refractivity contribution in [3.8, 4) is 5.88 Å². The minimum atomic E-state index is -0.789. The lowest BCUT2D eigenvalue weighted by Gasteiger charge is -2.09. The summed E-state index contributed by atoms with van der Waals surface area (Å²) in [5.74, 6) is -0.0813. The monoisotopic (exact) mass is 253 g/mol. The molecule has 2 N–H and O–H groups in total. The smallest absolute Gasteiger partial charge is 0.306 e. The zero-order valence-electron chi connectivity index (χ0n) is 10.7. The first-order chi connectivity index (χ1) is 8.63. The topological polar surface area (TPSA) is 84.3 Å². The average Bonchev–Trinajstić information content (AvgIpc) is 2.36. The minimum Gasteiger partial charge on any atom is -0.481 e. The quantitative estimate of drug-likeness (QED) is 0.734. The van der Waals surface area contributed by atoms with Gasteiger partial charge in [-0.05, 0) is 12.8 Å². The SMILES string of the molecule is CCCOc1cncc(NCCC(C)C(=O)O)n1. The van der Waals surface area contributed by atoms with Gasteiger partial charge in [-0.25, -0.2) is 0 Å². The van der Waals surface area contributed by atoms with Crippen molar-refractivity contribution < 1.29 is 14.6 Å². The van der Waals surface area contributed by atoms with Crippen LogP contribution in [0.1, 0.15) is 26.7 Å². The molecule has 0 fully saturated rings. The van der Waals surface area contributed by atoms with Gasteiger partial charge in [0.1, 0.15) is 5.82 Å². The lowest BCUT2D eigenvalue weighted by atomic mass is 10.1. The highest BCUT2D eigenvalue weighted by atomic mass is 16.5. The highest BCUT2D eigenvalue weighted by Crippen LogP contribution is 2.10. The van der Waals surface area contributed by atoms with E-state index in [2.05, 4.69) is 15.3 Å². The summed E-state index contributed by atoms with van der Waals surface area (Å²) in [6.45, 7) is 4.84. The van der Waals surface area contributed by atoms with E-state index in [-0.39, 0.29) is 5.92 Å². The van der Waals surface area contributed by atoms with Gasteiger partial charge in [0.05, 0.1) is 24.9 Å². The van der Waals surface area contributed by atoms with Gasteiger partial charge in [0.25, 0.3) is 0 Å². The Morgan fingerprint density at radius 3 is 3.00 bits per heavy atom. The normalized spacial score (nSPS) is 11.9. The first-order valence-corrected chi connectivity index (χ1v) is 6.05.